The monoisotopic (exact) mass is 286 g/mol. The lowest BCUT2D eigenvalue weighted by Gasteiger charge is -2.03. The molecule has 2 aromatic rings. The van der Waals surface area contributed by atoms with E-state index >= 15 is 0 Å². The molecule has 0 amide bonds. The van der Waals surface area contributed by atoms with Gasteiger partial charge >= 0.3 is 0 Å². The Labute approximate surface area is 118 Å². The maximum atomic E-state index is 4.55. The van der Waals surface area contributed by atoms with Gasteiger partial charge in [0.15, 0.2) is 0 Å². The minimum atomic E-state index is 0. The number of para-hydroxylation sites is 1. The smallest absolute Gasteiger partial charge is 0.118 e. The molecule has 0 saturated carbocycles. The SMILES string of the molecule is Cc1nn(CC2=NCCN2)c2ccccc12.Cl.Cl. The number of aromatic nitrogens is 2. The third-order valence-corrected chi connectivity index (χ3v) is 2.89. The highest BCUT2D eigenvalue weighted by Crippen LogP contribution is 2.17. The number of benzene rings is 1. The van der Waals surface area contributed by atoms with Gasteiger partial charge in [-0.15, -0.1) is 24.8 Å². The molecule has 1 aliphatic heterocycles. The molecule has 0 unspecified atom stereocenters. The summed E-state index contributed by atoms with van der Waals surface area (Å²) in [6.07, 6.45) is 0. The lowest BCUT2D eigenvalue weighted by Crippen LogP contribution is -2.24. The van der Waals surface area contributed by atoms with Crippen LogP contribution in [0.2, 0.25) is 0 Å². The highest BCUT2D eigenvalue weighted by atomic mass is 35.5. The predicted octanol–water partition coefficient (Wildman–Crippen LogP) is 2.19. The van der Waals surface area contributed by atoms with Gasteiger partial charge in [-0.05, 0) is 13.0 Å². The fourth-order valence-electron chi connectivity index (χ4n) is 2.11. The zero-order chi connectivity index (χ0) is 11.0. The van der Waals surface area contributed by atoms with Crippen LogP contribution >= 0.6 is 24.8 Å². The minimum absolute atomic E-state index is 0. The van der Waals surface area contributed by atoms with Crippen LogP contribution in [0.1, 0.15) is 5.69 Å². The third-order valence-electron chi connectivity index (χ3n) is 2.89. The van der Waals surface area contributed by atoms with E-state index in [0.29, 0.717) is 0 Å². The van der Waals surface area contributed by atoms with Gasteiger partial charge in [0.25, 0.3) is 0 Å². The van der Waals surface area contributed by atoms with Crippen molar-refractivity contribution in [1.82, 2.24) is 15.1 Å². The molecule has 3 rings (SSSR count). The molecule has 98 valence electrons. The summed E-state index contributed by atoms with van der Waals surface area (Å²) in [7, 11) is 0. The number of hydrogen-bond donors (Lipinski definition) is 1. The van der Waals surface area contributed by atoms with Crippen LogP contribution in [0.5, 0.6) is 0 Å². The van der Waals surface area contributed by atoms with E-state index in [1.807, 2.05) is 23.7 Å². The average Bonchev–Trinajstić information content (AvgIpc) is 2.90. The van der Waals surface area contributed by atoms with E-state index in [4.69, 9.17) is 0 Å². The Kier molecular flexibility index (Phi) is 4.99. The lowest BCUT2D eigenvalue weighted by atomic mass is 10.2. The topological polar surface area (TPSA) is 42.2 Å². The van der Waals surface area contributed by atoms with Crippen molar-refractivity contribution in [3.8, 4) is 0 Å². The first-order valence-electron chi connectivity index (χ1n) is 5.54. The van der Waals surface area contributed by atoms with E-state index in [2.05, 4.69) is 27.5 Å². The second-order valence-electron chi connectivity index (χ2n) is 4.02. The van der Waals surface area contributed by atoms with Gasteiger partial charge in [-0.25, -0.2) is 0 Å². The van der Waals surface area contributed by atoms with Crippen molar-refractivity contribution in [2.45, 2.75) is 13.5 Å². The number of hydrogen-bond acceptors (Lipinski definition) is 3. The molecule has 0 aliphatic carbocycles. The molecular weight excluding hydrogens is 271 g/mol. The van der Waals surface area contributed by atoms with Crippen LogP contribution in [-0.4, -0.2) is 28.7 Å². The molecule has 2 heterocycles. The van der Waals surface area contributed by atoms with Crippen molar-refractivity contribution in [2.75, 3.05) is 13.1 Å². The fraction of sp³-hybridized carbons (Fsp3) is 0.333. The number of rotatable bonds is 2. The van der Waals surface area contributed by atoms with Gasteiger partial charge in [0.1, 0.15) is 5.84 Å². The molecule has 0 fully saturated rings. The number of fused-ring (bicyclic) bond motifs is 1. The molecule has 0 atom stereocenters. The van der Waals surface area contributed by atoms with Gasteiger partial charge in [0.2, 0.25) is 0 Å². The fourth-order valence-corrected chi connectivity index (χ4v) is 2.11. The lowest BCUT2D eigenvalue weighted by molar-refractivity contribution is 0.729. The Hall–Kier alpha value is -1.26. The first-order valence-corrected chi connectivity index (χ1v) is 5.54. The molecule has 0 radical (unpaired) electrons. The standard InChI is InChI=1S/C12H14N4.2ClH/c1-9-10-4-2-3-5-11(10)16(15-9)8-12-13-6-7-14-12;;/h2-5H,6-8H2,1H3,(H,13,14);2*1H. The molecule has 6 heteroatoms. The van der Waals surface area contributed by atoms with Crippen molar-refractivity contribution in [1.29, 1.82) is 0 Å². The van der Waals surface area contributed by atoms with Crippen LogP contribution in [0.3, 0.4) is 0 Å². The molecular formula is C12H16Cl2N4. The Bertz CT molecular complexity index is 562. The predicted molar refractivity (Wildman–Crippen MR) is 79.3 cm³/mol. The van der Waals surface area contributed by atoms with Crippen molar-refractivity contribution in [3.63, 3.8) is 0 Å². The summed E-state index contributed by atoms with van der Waals surface area (Å²) in [6.45, 7) is 4.62. The minimum Gasteiger partial charge on any atom is -0.370 e. The van der Waals surface area contributed by atoms with Crippen LogP contribution in [0.15, 0.2) is 29.3 Å². The first kappa shape index (κ1) is 14.8. The normalized spacial score (nSPS) is 13.5. The van der Waals surface area contributed by atoms with Crippen molar-refractivity contribution in [3.05, 3.63) is 30.0 Å². The number of halogens is 2. The Morgan fingerprint density at radius 1 is 1.28 bits per heavy atom. The summed E-state index contributed by atoms with van der Waals surface area (Å²) >= 11 is 0. The van der Waals surface area contributed by atoms with Crippen LogP contribution < -0.4 is 5.32 Å². The van der Waals surface area contributed by atoms with Gasteiger partial charge < -0.3 is 5.32 Å². The van der Waals surface area contributed by atoms with E-state index in [0.717, 1.165) is 31.2 Å². The van der Waals surface area contributed by atoms with Gasteiger partial charge in [-0.3, -0.25) is 9.67 Å². The highest BCUT2D eigenvalue weighted by Gasteiger charge is 2.10. The van der Waals surface area contributed by atoms with Crippen LogP contribution in [0.25, 0.3) is 10.9 Å². The first-order chi connectivity index (χ1) is 7.84. The van der Waals surface area contributed by atoms with E-state index in [9.17, 15) is 0 Å². The van der Waals surface area contributed by atoms with E-state index in [1.54, 1.807) is 0 Å². The molecule has 0 spiro atoms. The summed E-state index contributed by atoms with van der Waals surface area (Å²) in [5.41, 5.74) is 2.26. The number of amidine groups is 1. The van der Waals surface area contributed by atoms with E-state index < -0.39 is 0 Å². The third kappa shape index (κ3) is 2.60. The number of aliphatic imine (C=N–C) groups is 1. The molecule has 0 saturated heterocycles. The van der Waals surface area contributed by atoms with Gasteiger partial charge in [0.05, 0.1) is 24.3 Å². The summed E-state index contributed by atoms with van der Waals surface area (Å²) < 4.78 is 2.02. The Morgan fingerprint density at radius 2 is 2.06 bits per heavy atom. The molecule has 1 aromatic heterocycles. The highest BCUT2D eigenvalue weighted by molar-refractivity contribution is 5.87. The van der Waals surface area contributed by atoms with Gasteiger partial charge in [-0.2, -0.15) is 5.10 Å². The Balaban J connectivity index is 0.000000810. The van der Waals surface area contributed by atoms with Gasteiger partial charge in [0, 0.05) is 11.9 Å². The summed E-state index contributed by atoms with van der Waals surface area (Å²) in [5.74, 6) is 1.04. The number of nitrogens with zero attached hydrogens (tertiary/aromatic N) is 3. The zero-order valence-electron chi connectivity index (χ0n) is 10.1. The average molecular weight is 287 g/mol. The molecule has 18 heavy (non-hydrogen) atoms. The second-order valence-corrected chi connectivity index (χ2v) is 4.02. The number of aryl methyl sites for hydroxylation is 1. The molecule has 4 nitrogen and oxygen atoms in total. The van der Waals surface area contributed by atoms with E-state index in [-0.39, 0.29) is 24.8 Å². The van der Waals surface area contributed by atoms with Crippen LogP contribution in [-0.2, 0) is 6.54 Å². The summed E-state index contributed by atoms with van der Waals surface area (Å²) in [4.78, 5) is 4.39. The summed E-state index contributed by atoms with van der Waals surface area (Å²) in [5, 5.41) is 9.04. The molecule has 0 bridgehead atoms. The van der Waals surface area contributed by atoms with E-state index in [1.165, 1.54) is 10.9 Å². The van der Waals surface area contributed by atoms with Crippen LogP contribution in [0, 0.1) is 6.92 Å². The summed E-state index contributed by atoms with van der Waals surface area (Å²) in [6, 6.07) is 8.30. The maximum absolute atomic E-state index is 4.55. The largest absolute Gasteiger partial charge is 0.370 e. The van der Waals surface area contributed by atoms with Crippen molar-refractivity contribution >= 4 is 41.6 Å². The molecule has 1 aliphatic rings. The number of nitrogens with one attached hydrogen (secondary N) is 1. The van der Waals surface area contributed by atoms with Crippen molar-refractivity contribution < 1.29 is 0 Å². The van der Waals surface area contributed by atoms with Crippen molar-refractivity contribution in [2.24, 2.45) is 4.99 Å². The molecule has 1 N–H and O–H groups in total. The second kappa shape index (κ2) is 6.07. The maximum Gasteiger partial charge on any atom is 0.118 e. The quantitative estimate of drug-likeness (QED) is 0.920. The van der Waals surface area contributed by atoms with Crippen LogP contribution in [0.4, 0.5) is 0 Å². The zero-order valence-corrected chi connectivity index (χ0v) is 11.7. The Morgan fingerprint density at radius 3 is 2.78 bits per heavy atom. The van der Waals surface area contributed by atoms with Gasteiger partial charge in [-0.1, -0.05) is 18.2 Å². The molecule has 1 aromatic carbocycles.